The predicted octanol–water partition coefficient (Wildman–Crippen LogP) is 3.03. The van der Waals surface area contributed by atoms with Gasteiger partial charge in [-0.3, -0.25) is 4.90 Å². The highest BCUT2D eigenvalue weighted by molar-refractivity contribution is 6.30. The van der Waals surface area contributed by atoms with Gasteiger partial charge in [0, 0.05) is 49.4 Å². The summed E-state index contributed by atoms with van der Waals surface area (Å²) in [6.07, 6.45) is 6.06. The summed E-state index contributed by atoms with van der Waals surface area (Å²) < 4.78 is 5.57. The van der Waals surface area contributed by atoms with E-state index in [0.717, 1.165) is 44.2 Å². The van der Waals surface area contributed by atoms with Crippen LogP contribution in [-0.2, 0) is 11.2 Å². The molecule has 2 N–H and O–H groups in total. The second-order valence-electron chi connectivity index (χ2n) is 9.41. The van der Waals surface area contributed by atoms with Crippen LogP contribution in [0.3, 0.4) is 0 Å². The molecule has 4 atom stereocenters. The van der Waals surface area contributed by atoms with Crippen molar-refractivity contribution < 1.29 is 4.74 Å². The molecule has 4 unspecified atom stereocenters. The van der Waals surface area contributed by atoms with Gasteiger partial charge in [-0.05, 0) is 83.4 Å². The van der Waals surface area contributed by atoms with Crippen LogP contribution in [0.15, 0.2) is 24.3 Å². The average Bonchev–Trinajstić information content (AvgIpc) is 2.73. The third kappa shape index (κ3) is 6.91. The van der Waals surface area contributed by atoms with E-state index in [2.05, 4.69) is 46.5 Å². The Balaban J connectivity index is 1.82. The summed E-state index contributed by atoms with van der Waals surface area (Å²) in [6, 6.07) is 9.26. The van der Waals surface area contributed by atoms with Gasteiger partial charge in [-0.2, -0.15) is 0 Å². The quantitative estimate of drug-likeness (QED) is 0.759. The lowest BCUT2D eigenvalue weighted by Crippen LogP contribution is -2.61. The van der Waals surface area contributed by atoms with Crippen molar-refractivity contribution in [3.63, 3.8) is 0 Å². The summed E-state index contributed by atoms with van der Waals surface area (Å²) in [6.45, 7) is 9.62. The van der Waals surface area contributed by atoms with Crippen LogP contribution >= 0.6 is 11.6 Å². The second kappa shape index (κ2) is 11.8. The van der Waals surface area contributed by atoms with Gasteiger partial charge in [-0.15, -0.1) is 0 Å². The Morgan fingerprint density at radius 3 is 2.67 bits per heavy atom. The fourth-order valence-electron chi connectivity index (χ4n) is 5.10. The number of halogens is 1. The number of ether oxygens (including phenoxy) is 1. The van der Waals surface area contributed by atoms with Gasteiger partial charge >= 0.3 is 0 Å². The van der Waals surface area contributed by atoms with Crippen molar-refractivity contribution in [2.24, 2.45) is 0 Å². The number of methoxy groups -OCH3 is 1. The number of rotatable bonds is 4. The summed E-state index contributed by atoms with van der Waals surface area (Å²) >= 11 is 6.16. The molecule has 1 aromatic carbocycles. The molecule has 1 aromatic rings. The highest BCUT2D eigenvalue weighted by Gasteiger charge is 2.39. The molecule has 170 valence electrons. The number of nitrogens with zero attached hydrogens (tertiary/aromatic N) is 2. The van der Waals surface area contributed by atoms with Crippen LogP contribution < -0.4 is 10.6 Å². The smallest absolute Gasteiger partial charge is 0.0628 e. The van der Waals surface area contributed by atoms with E-state index in [4.69, 9.17) is 16.3 Å². The maximum absolute atomic E-state index is 6.16. The number of fused-ring (bicyclic) bond motifs is 2. The van der Waals surface area contributed by atoms with Crippen molar-refractivity contribution in [3.05, 3.63) is 34.9 Å². The van der Waals surface area contributed by atoms with Crippen LogP contribution in [0.5, 0.6) is 0 Å². The Morgan fingerprint density at radius 2 is 1.90 bits per heavy atom. The van der Waals surface area contributed by atoms with Gasteiger partial charge in [0.05, 0.1) is 6.61 Å². The first-order chi connectivity index (χ1) is 14.5. The number of hydrogen-bond donors (Lipinski definition) is 2. The molecule has 2 saturated heterocycles. The fourth-order valence-corrected chi connectivity index (χ4v) is 5.22. The zero-order valence-electron chi connectivity index (χ0n) is 19.1. The van der Waals surface area contributed by atoms with Gasteiger partial charge in [0.1, 0.15) is 0 Å². The summed E-state index contributed by atoms with van der Waals surface area (Å²) in [5, 5.41) is 8.23. The molecule has 0 aromatic heterocycles. The fraction of sp³-hybridized carbons (Fsp3) is 0.750. The number of nitrogens with one attached hydrogen (secondary N) is 2. The minimum absolute atomic E-state index is 0.147. The first kappa shape index (κ1) is 24.0. The number of benzene rings is 1. The van der Waals surface area contributed by atoms with E-state index >= 15 is 0 Å². The van der Waals surface area contributed by atoms with Gasteiger partial charge in [0.2, 0.25) is 0 Å². The maximum atomic E-state index is 6.16. The molecule has 0 radical (unpaired) electrons. The molecule has 2 heterocycles. The molecule has 6 heteroatoms. The number of piperidine rings is 1. The van der Waals surface area contributed by atoms with Gasteiger partial charge in [-0.1, -0.05) is 23.7 Å². The van der Waals surface area contributed by atoms with Crippen molar-refractivity contribution in [1.29, 1.82) is 0 Å². The third-order valence-electron chi connectivity index (χ3n) is 6.86. The van der Waals surface area contributed by atoms with Crippen molar-refractivity contribution in [2.45, 2.75) is 56.7 Å². The molecule has 0 amide bonds. The highest BCUT2D eigenvalue weighted by Crippen LogP contribution is 2.31. The molecule has 2 aliphatic rings. The van der Waals surface area contributed by atoms with Gasteiger partial charge in [-0.25, -0.2) is 0 Å². The van der Waals surface area contributed by atoms with Gasteiger partial charge < -0.3 is 20.3 Å². The molecule has 3 rings (SSSR count). The summed E-state index contributed by atoms with van der Waals surface area (Å²) in [7, 11) is 4.12. The first-order valence-electron chi connectivity index (χ1n) is 11.6. The Morgan fingerprint density at radius 1 is 1.13 bits per heavy atom. The molecule has 0 spiro atoms. The Labute approximate surface area is 188 Å². The molecule has 5 nitrogen and oxygen atoms in total. The molecule has 2 aliphatic heterocycles. The molecule has 0 saturated carbocycles. The lowest BCUT2D eigenvalue weighted by molar-refractivity contribution is 0.0142. The standard InChI is InChI=1S/C24H41ClN4O/c1-20-16-27-23(18-30-3)17-28(2)24(15-21-7-9-22(25)10-8-21)11-6-14-29(19-24)13-5-4-12-26-20/h7-10,20,23,26-27H,4-6,11-19H2,1-3H3. The number of likely N-dealkylation sites (N-methyl/N-ethyl adjacent to an activating group) is 1. The first-order valence-corrected chi connectivity index (χ1v) is 12.0. The molecule has 2 bridgehead atoms. The monoisotopic (exact) mass is 436 g/mol. The summed E-state index contributed by atoms with van der Waals surface area (Å²) in [5.41, 5.74) is 1.52. The van der Waals surface area contributed by atoms with Crippen LogP contribution in [0.1, 0.15) is 38.2 Å². The van der Waals surface area contributed by atoms with E-state index < -0.39 is 0 Å². The lowest BCUT2D eigenvalue weighted by Gasteiger charge is -2.50. The van der Waals surface area contributed by atoms with Crippen LogP contribution in [0.4, 0.5) is 0 Å². The van der Waals surface area contributed by atoms with Crippen molar-refractivity contribution in [2.75, 3.05) is 60.0 Å². The van der Waals surface area contributed by atoms with E-state index in [-0.39, 0.29) is 5.54 Å². The maximum Gasteiger partial charge on any atom is 0.0628 e. The molecular weight excluding hydrogens is 396 g/mol. The van der Waals surface area contributed by atoms with E-state index in [1.165, 1.54) is 44.3 Å². The van der Waals surface area contributed by atoms with Crippen LogP contribution in [0.2, 0.25) is 5.02 Å². The van der Waals surface area contributed by atoms with Crippen LogP contribution in [-0.4, -0.2) is 87.5 Å². The van der Waals surface area contributed by atoms with E-state index in [0.29, 0.717) is 12.1 Å². The normalized spacial score (nSPS) is 32.5. The molecule has 30 heavy (non-hydrogen) atoms. The zero-order chi connectivity index (χ0) is 21.4. The van der Waals surface area contributed by atoms with Gasteiger partial charge in [0.25, 0.3) is 0 Å². The highest BCUT2D eigenvalue weighted by atomic mass is 35.5. The van der Waals surface area contributed by atoms with E-state index in [1.54, 1.807) is 7.11 Å². The molecular formula is C24H41ClN4O. The SMILES string of the molecule is COCC1CN(C)C2(Cc3ccc(Cl)cc3)CCCN(CCCCNC(C)CN1)C2. The van der Waals surface area contributed by atoms with Gasteiger partial charge in [0.15, 0.2) is 0 Å². The summed E-state index contributed by atoms with van der Waals surface area (Å²) in [5.74, 6) is 0. The Bertz CT molecular complexity index is 628. The van der Waals surface area contributed by atoms with Crippen molar-refractivity contribution in [3.8, 4) is 0 Å². The van der Waals surface area contributed by atoms with Crippen LogP contribution in [0, 0.1) is 0 Å². The largest absolute Gasteiger partial charge is 0.383 e. The minimum Gasteiger partial charge on any atom is -0.383 e. The topological polar surface area (TPSA) is 39.8 Å². The minimum atomic E-state index is 0.147. The third-order valence-corrected chi connectivity index (χ3v) is 7.11. The van der Waals surface area contributed by atoms with E-state index in [9.17, 15) is 0 Å². The molecule has 0 aliphatic carbocycles. The second-order valence-corrected chi connectivity index (χ2v) is 9.85. The number of hydrogen-bond acceptors (Lipinski definition) is 5. The van der Waals surface area contributed by atoms with Crippen molar-refractivity contribution >= 4 is 11.6 Å². The summed E-state index contributed by atoms with van der Waals surface area (Å²) in [4.78, 5) is 5.32. The van der Waals surface area contributed by atoms with E-state index in [1.807, 2.05) is 12.1 Å². The van der Waals surface area contributed by atoms with Crippen LogP contribution in [0.25, 0.3) is 0 Å². The average molecular weight is 437 g/mol. The van der Waals surface area contributed by atoms with Crippen molar-refractivity contribution in [1.82, 2.24) is 20.4 Å². The molecule has 2 fully saturated rings. The zero-order valence-corrected chi connectivity index (χ0v) is 19.9. The Hall–Kier alpha value is -0.690. The Kier molecular flexibility index (Phi) is 9.42. The predicted molar refractivity (Wildman–Crippen MR) is 127 cm³/mol. The lowest BCUT2D eigenvalue weighted by atomic mass is 9.81.